The summed E-state index contributed by atoms with van der Waals surface area (Å²) < 4.78 is 9.76. The van der Waals surface area contributed by atoms with Gasteiger partial charge >= 0.3 is 5.97 Å². The van der Waals surface area contributed by atoms with E-state index in [4.69, 9.17) is 9.47 Å². The van der Waals surface area contributed by atoms with Gasteiger partial charge in [0.2, 0.25) is 0 Å². The van der Waals surface area contributed by atoms with Crippen LogP contribution in [0, 0.1) is 0 Å². The van der Waals surface area contributed by atoms with E-state index < -0.39 is 0 Å². The summed E-state index contributed by atoms with van der Waals surface area (Å²) in [5, 5.41) is 0. The Bertz CT molecular complexity index is 381. The van der Waals surface area contributed by atoms with Crippen LogP contribution in [0.2, 0.25) is 0 Å². The Balaban J connectivity index is 2.38. The second-order valence-electron chi connectivity index (χ2n) is 3.60. The van der Waals surface area contributed by atoms with Gasteiger partial charge in [0.1, 0.15) is 5.75 Å². The molecular formula is C13H16O4. The van der Waals surface area contributed by atoms with E-state index in [0.29, 0.717) is 18.4 Å². The van der Waals surface area contributed by atoms with E-state index in [0.717, 1.165) is 5.75 Å². The number of hydrogen-bond donors (Lipinski definition) is 0. The predicted octanol–water partition coefficient (Wildman–Crippen LogP) is 2.22. The molecule has 0 amide bonds. The van der Waals surface area contributed by atoms with Gasteiger partial charge in [-0.05, 0) is 30.7 Å². The van der Waals surface area contributed by atoms with Crippen LogP contribution in [-0.4, -0.2) is 25.5 Å². The molecule has 0 saturated heterocycles. The number of carbonyl (C=O) groups excluding carboxylic acids is 2. The topological polar surface area (TPSA) is 52.6 Å². The highest BCUT2D eigenvalue weighted by atomic mass is 16.5. The minimum atomic E-state index is -0.318. The average molecular weight is 236 g/mol. The van der Waals surface area contributed by atoms with Gasteiger partial charge in [-0.3, -0.25) is 9.59 Å². The van der Waals surface area contributed by atoms with Gasteiger partial charge < -0.3 is 9.47 Å². The highest BCUT2D eigenvalue weighted by Gasteiger charge is 2.06. The van der Waals surface area contributed by atoms with Gasteiger partial charge in [0, 0.05) is 18.9 Å². The van der Waals surface area contributed by atoms with Crippen molar-refractivity contribution in [3.63, 3.8) is 0 Å². The Morgan fingerprint density at radius 1 is 1.18 bits per heavy atom. The summed E-state index contributed by atoms with van der Waals surface area (Å²) in [5.74, 6) is 0.447. The zero-order valence-corrected chi connectivity index (χ0v) is 10.1. The molecule has 0 saturated carbocycles. The fourth-order valence-electron chi connectivity index (χ4n) is 1.37. The van der Waals surface area contributed by atoms with Crippen LogP contribution in [0.25, 0.3) is 0 Å². The van der Waals surface area contributed by atoms with Gasteiger partial charge in [-0.2, -0.15) is 0 Å². The number of methoxy groups -OCH3 is 1. The molecule has 0 unspecified atom stereocenters. The first-order valence-electron chi connectivity index (χ1n) is 5.44. The van der Waals surface area contributed by atoms with Crippen molar-refractivity contribution in [2.24, 2.45) is 0 Å². The molecule has 0 radical (unpaired) electrons. The van der Waals surface area contributed by atoms with Gasteiger partial charge in [0.15, 0.2) is 5.78 Å². The number of ketones is 1. The number of Topliss-reactive ketones (excluding diaryl/α,β-unsaturated/α-hetero) is 1. The third-order valence-corrected chi connectivity index (χ3v) is 2.27. The largest absolute Gasteiger partial charge is 0.497 e. The summed E-state index contributed by atoms with van der Waals surface area (Å²) >= 11 is 0. The van der Waals surface area contributed by atoms with E-state index in [1.54, 1.807) is 31.4 Å². The molecule has 4 heteroatoms. The van der Waals surface area contributed by atoms with Crippen molar-refractivity contribution in [3.05, 3.63) is 29.8 Å². The normalized spacial score (nSPS) is 9.76. The molecule has 17 heavy (non-hydrogen) atoms. The maximum Gasteiger partial charge on any atom is 0.302 e. The number of rotatable bonds is 6. The molecule has 0 N–H and O–H groups in total. The number of esters is 1. The van der Waals surface area contributed by atoms with Crippen molar-refractivity contribution in [1.82, 2.24) is 0 Å². The second-order valence-corrected chi connectivity index (χ2v) is 3.60. The zero-order chi connectivity index (χ0) is 12.7. The molecule has 0 fully saturated rings. The Morgan fingerprint density at radius 2 is 1.82 bits per heavy atom. The Kier molecular flexibility index (Phi) is 5.20. The SMILES string of the molecule is COc1ccc(C(=O)CCCOC(C)=O)cc1. The van der Waals surface area contributed by atoms with Crippen LogP contribution in [0.15, 0.2) is 24.3 Å². The number of ether oxygens (including phenoxy) is 2. The summed E-state index contributed by atoms with van der Waals surface area (Å²) in [5.41, 5.74) is 0.647. The highest BCUT2D eigenvalue weighted by Crippen LogP contribution is 2.13. The minimum absolute atomic E-state index is 0.0415. The Labute approximate surface area is 101 Å². The van der Waals surface area contributed by atoms with Crippen LogP contribution in [0.5, 0.6) is 5.75 Å². The molecule has 92 valence electrons. The fourth-order valence-corrected chi connectivity index (χ4v) is 1.37. The quantitative estimate of drug-likeness (QED) is 0.431. The molecule has 0 aliphatic heterocycles. The predicted molar refractivity (Wildman–Crippen MR) is 63.2 cm³/mol. The van der Waals surface area contributed by atoms with Crippen LogP contribution < -0.4 is 4.74 Å². The smallest absolute Gasteiger partial charge is 0.302 e. The van der Waals surface area contributed by atoms with Gasteiger partial charge in [0.05, 0.1) is 13.7 Å². The second kappa shape index (κ2) is 6.68. The lowest BCUT2D eigenvalue weighted by atomic mass is 10.1. The van der Waals surface area contributed by atoms with E-state index >= 15 is 0 Å². The van der Waals surface area contributed by atoms with Gasteiger partial charge in [-0.1, -0.05) is 0 Å². The number of carbonyl (C=O) groups is 2. The van der Waals surface area contributed by atoms with E-state index in [9.17, 15) is 9.59 Å². The van der Waals surface area contributed by atoms with Crippen molar-refractivity contribution in [2.75, 3.05) is 13.7 Å². The standard InChI is InChI=1S/C13H16O4/c1-10(14)17-9-3-4-13(15)11-5-7-12(16-2)8-6-11/h5-8H,3-4,9H2,1-2H3. The van der Waals surface area contributed by atoms with Crippen LogP contribution >= 0.6 is 0 Å². The van der Waals surface area contributed by atoms with Crippen molar-refractivity contribution in [2.45, 2.75) is 19.8 Å². The molecule has 0 spiro atoms. The maximum absolute atomic E-state index is 11.7. The summed E-state index contributed by atoms with van der Waals surface area (Å²) in [4.78, 5) is 22.2. The highest BCUT2D eigenvalue weighted by molar-refractivity contribution is 5.96. The summed E-state index contributed by atoms with van der Waals surface area (Å²) in [6.07, 6.45) is 0.921. The van der Waals surface area contributed by atoms with Crippen LogP contribution in [0.4, 0.5) is 0 Å². The first kappa shape index (κ1) is 13.2. The third-order valence-electron chi connectivity index (χ3n) is 2.27. The first-order chi connectivity index (χ1) is 8.13. The van der Waals surface area contributed by atoms with Gasteiger partial charge in [-0.15, -0.1) is 0 Å². The number of benzene rings is 1. The minimum Gasteiger partial charge on any atom is -0.497 e. The van der Waals surface area contributed by atoms with Crippen molar-refractivity contribution >= 4 is 11.8 Å². The van der Waals surface area contributed by atoms with E-state index in [2.05, 4.69) is 0 Å². The van der Waals surface area contributed by atoms with E-state index in [1.807, 2.05) is 0 Å². The summed E-state index contributed by atoms with van der Waals surface area (Å²) in [7, 11) is 1.58. The molecule has 1 aromatic carbocycles. The zero-order valence-electron chi connectivity index (χ0n) is 10.1. The fraction of sp³-hybridized carbons (Fsp3) is 0.385. The van der Waals surface area contributed by atoms with Crippen molar-refractivity contribution in [1.29, 1.82) is 0 Å². The molecule has 0 atom stereocenters. The first-order valence-corrected chi connectivity index (χ1v) is 5.44. The lowest BCUT2D eigenvalue weighted by molar-refractivity contribution is -0.141. The van der Waals surface area contributed by atoms with Crippen molar-refractivity contribution in [3.8, 4) is 5.75 Å². The Morgan fingerprint density at radius 3 is 2.35 bits per heavy atom. The molecule has 0 heterocycles. The van der Waals surface area contributed by atoms with E-state index in [-0.39, 0.29) is 18.4 Å². The van der Waals surface area contributed by atoms with E-state index in [1.165, 1.54) is 6.92 Å². The third kappa shape index (κ3) is 4.68. The van der Waals surface area contributed by atoms with Crippen LogP contribution in [-0.2, 0) is 9.53 Å². The van der Waals surface area contributed by atoms with Crippen molar-refractivity contribution < 1.29 is 19.1 Å². The molecule has 0 aliphatic rings. The van der Waals surface area contributed by atoms with Crippen LogP contribution in [0.1, 0.15) is 30.1 Å². The van der Waals surface area contributed by atoms with Gasteiger partial charge in [0.25, 0.3) is 0 Å². The average Bonchev–Trinajstić information content (AvgIpc) is 2.34. The molecular weight excluding hydrogens is 220 g/mol. The molecule has 0 bridgehead atoms. The summed E-state index contributed by atoms with van der Waals surface area (Å²) in [6.45, 7) is 1.64. The molecule has 1 aromatic rings. The lowest BCUT2D eigenvalue weighted by Gasteiger charge is -2.03. The monoisotopic (exact) mass is 236 g/mol. The summed E-state index contributed by atoms with van der Waals surface area (Å²) in [6, 6.07) is 6.96. The lowest BCUT2D eigenvalue weighted by Crippen LogP contribution is -2.04. The van der Waals surface area contributed by atoms with Gasteiger partial charge in [-0.25, -0.2) is 0 Å². The molecule has 1 rings (SSSR count). The Hall–Kier alpha value is -1.84. The molecule has 0 aromatic heterocycles. The van der Waals surface area contributed by atoms with Crippen LogP contribution in [0.3, 0.4) is 0 Å². The molecule has 0 aliphatic carbocycles. The number of hydrogen-bond acceptors (Lipinski definition) is 4. The molecule has 4 nitrogen and oxygen atoms in total. The maximum atomic E-state index is 11.7.